The van der Waals surface area contributed by atoms with E-state index < -0.39 is 0 Å². The van der Waals surface area contributed by atoms with Crippen molar-refractivity contribution in [3.8, 4) is 0 Å². The second-order valence-corrected chi connectivity index (χ2v) is 4.89. The maximum atomic E-state index is 5.84. The van der Waals surface area contributed by atoms with Crippen LogP contribution in [0.1, 0.15) is 12.8 Å². The lowest BCUT2D eigenvalue weighted by atomic mass is 9.84. The molecule has 3 aliphatic rings. The van der Waals surface area contributed by atoms with Gasteiger partial charge in [0.2, 0.25) is 0 Å². The van der Waals surface area contributed by atoms with Gasteiger partial charge in [0.25, 0.3) is 0 Å². The summed E-state index contributed by atoms with van der Waals surface area (Å²) in [7, 11) is 0. The van der Waals surface area contributed by atoms with Gasteiger partial charge in [0.1, 0.15) is 0 Å². The van der Waals surface area contributed by atoms with Crippen molar-refractivity contribution in [1.82, 2.24) is 10.2 Å². The monoisotopic (exact) mass is 234 g/mol. The highest BCUT2D eigenvalue weighted by Gasteiger charge is 2.33. The van der Waals surface area contributed by atoms with Gasteiger partial charge >= 0.3 is 0 Å². The average Bonchev–Trinajstić information content (AvgIpc) is 2.27. The normalized spacial score (nSPS) is 37.6. The van der Waals surface area contributed by atoms with Crippen LogP contribution >= 0.6 is 23.2 Å². The summed E-state index contributed by atoms with van der Waals surface area (Å²) in [6.45, 7) is 4.45. The van der Waals surface area contributed by atoms with Crippen molar-refractivity contribution < 1.29 is 0 Å². The molecule has 3 fully saturated rings. The SMILES string of the molecule is ClC=C(Cl)CNC1CN2CCC1CC2. The van der Waals surface area contributed by atoms with Gasteiger partial charge in [0.05, 0.1) is 0 Å². The summed E-state index contributed by atoms with van der Waals surface area (Å²) in [5.41, 5.74) is 1.44. The van der Waals surface area contributed by atoms with Gasteiger partial charge < -0.3 is 10.2 Å². The van der Waals surface area contributed by atoms with Crippen LogP contribution in [-0.2, 0) is 0 Å². The first-order valence-corrected chi connectivity index (χ1v) is 6.01. The van der Waals surface area contributed by atoms with Crippen molar-refractivity contribution >= 4 is 23.2 Å². The third-order valence-electron chi connectivity index (χ3n) is 3.31. The molecule has 0 aromatic rings. The zero-order valence-corrected chi connectivity index (χ0v) is 9.69. The summed E-state index contributed by atoms with van der Waals surface area (Å²) in [6, 6.07) is 0.614. The van der Waals surface area contributed by atoms with Gasteiger partial charge in [-0.25, -0.2) is 0 Å². The van der Waals surface area contributed by atoms with Crippen LogP contribution in [0.5, 0.6) is 0 Å². The fourth-order valence-electron chi connectivity index (χ4n) is 2.46. The van der Waals surface area contributed by atoms with Gasteiger partial charge in [-0.15, -0.1) is 0 Å². The Morgan fingerprint density at radius 3 is 2.64 bits per heavy atom. The summed E-state index contributed by atoms with van der Waals surface area (Å²) in [6.07, 6.45) is 2.67. The van der Waals surface area contributed by atoms with Gasteiger partial charge in [-0.1, -0.05) is 23.2 Å². The number of hydrogen-bond donors (Lipinski definition) is 1. The van der Waals surface area contributed by atoms with Crippen molar-refractivity contribution in [2.45, 2.75) is 18.9 Å². The van der Waals surface area contributed by atoms with E-state index in [0.29, 0.717) is 17.6 Å². The first-order chi connectivity index (χ1) is 6.79. The third kappa shape index (κ3) is 2.43. The highest BCUT2D eigenvalue weighted by atomic mass is 35.5. The van der Waals surface area contributed by atoms with Crippen LogP contribution in [0, 0.1) is 5.92 Å². The summed E-state index contributed by atoms with van der Waals surface area (Å²) < 4.78 is 0. The molecule has 3 saturated heterocycles. The molecule has 3 aliphatic heterocycles. The van der Waals surface area contributed by atoms with E-state index >= 15 is 0 Å². The first kappa shape index (κ1) is 10.7. The van der Waals surface area contributed by atoms with Crippen molar-refractivity contribution in [3.63, 3.8) is 0 Å². The van der Waals surface area contributed by atoms with E-state index in [1.165, 1.54) is 38.0 Å². The van der Waals surface area contributed by atoms with E-state index in [9.17, 15) is 0 Å². The minimum Gasteiger partial charge on any atom is -0.307 e. The molecule has 2 bridgehead atoms. The van der Waals surface area contributed by atoms with Crippen molar-refractivity contribution in [2.24, 2.45) is 5.92 Å². The molecule has 1 unspecified atom stereocenters. The fourth-order valence-corrected chi connectivity index (χ4v) is 2.62. The second-order valence-electron chi connectivity index (χ2n) is 4.18. The van der Waals surface area contributed by atoms with E-state index in [2.05, 4.69) is 10.2 Å². The molecule has 2 nitrogen and oxygen atoms in total. The van der Waals surface area contributed by atoms with Crippen LogP contribution in [0.2, 0.25) is 0 Å². The quantitative estimate of drug-likeness (QED) is 0.804. The van der Waals surface area contributed by atoms with Crippen LogP contribution < -0.4 is 5.32 Å². The van der Waals surface area contributed by atoms with Gasteiger partial charge in [-0.3, -0.25) is 0 Å². The molecule has 80 valence electrons. The summed E-state index contributed by atoms with van der Waals surface area (Å²) in [5, 5.41) is 4.17. The molecule has 0 aromatic heterocycles. The Bertz CT molecular complexity index is 222. The summed E-state index contributed by atoms with van der Waals surface area (Å²) in [5.74, 6) is 0.847. The maximum absolute atomic E-state index is 5.84. The zero-order chi connectivity index (χ0) is 9.97. The van der Waals surface area contributed by atoms with Crippen LogP contribution in [0.15, 0.2) is 10.6 Å². The van der Waals surface area contributed by atoms with Crippen LogP contribution in [0.4, 0.5) is 0 Å². The Balaban J connectivity index is 1.81. The Kier molecular flexibility index (Phi) is 3.72. The van der Waals surface area contributed by atoms with Crippen molar-refractivity contribution in [2.75, 3.05) is 26.2 Å². The molecule has 3 rings (SSSR count). The Labute approximate surface area is 95.2 Å². The number of nitrogens with one attached hydrogen (secondary N) is 1. The molecule has 3 heterocycles. The van der Waals surface area contributed by atoms with Crippen LogP contribution in [0.25, 0.3) is 0 Å². The Hall–Kier alpha value is 0.240. The topological polar surface area (TPSA) is 15.3 Å². The summed E-state index contributed by atoms with van der Waals surface area (Å²) >= 11 is 11.3. The fraction of sp³-hybridized carbons (Fsp3) is 0.800. The standard InChI is InChI=1S/C10H16Cl2N2/c11-5-9(12)6-13-10-7-14-3-1-8(10)2-4-14/h5,8,10,13H,1-4,6-7H2. The first-order valence-electron chi connectivity index (χ1n) is 5.20. The minimum atomic E-state index is 0.614. The molecule has 0 radical (unpaired) electrons. The lowest BCUT2D eigenvalue weighted by Crippen LogP contribution is -2.56. The van der Waals surface area contributed by atoms with Crippen molar-refractivity contribution in [1.29, 1.82) is 0 Å². The number of nitrogens with zero attached hydrogens (tertiary/aromatic N) is 1. The lowest BCUT2D eigenvalue weighted by molar-refractivity contribution is 0.0744. The predicted octanol–water partition coefficient (Wildman–Crippen LogP) is 1.99. The molecule has 0 spiro atoms. The maximum Gasteiger partial charge on any atom is 0.0432 e. The Morgan fingerprint density at radius 1 is 1.43 bits per heavy atom. The van der Waals surface area contributed by atoms with E-state index in [4.69, 9.17) is 23.2 Å². The number of fused-ring (bicyclic) bond motifs is 3. The third-order valence-corrected chi connectivity index (χ3v) is 3.93. The molecule has 0 saturated carbocycles. The minimum absolute atomic E-state index is 0.614. The smallest absolute Gasteiger partial charge is 0.0432 e. The molecule has 14 heavy (non-hydrogen) atoms. The van der Waals surface area contributed by atoms with Gasteiger partial charge in [-0.2, -0.15) is 0 Å². The lowest BCUT2D eigenvalue weighted by Gasteiger charge is -2.45. The molecule has 4 heteroatoms. The number of rotatable bonds is 3. The molecule has 0 amide bonds. The van der Waals surface area contributed by atoms with Gasteiger partial charge in [-0.05, 0) is 31.8 Å². The second kappa shape index (κ2) is 4.84. The Morgan fingerprint density at radius 2 is 2.14 bits per heavy atom. The van der Waals surface area contributed by atoms with E-state index in [-0.39, 0.29) is 0 Å². The highest BCUT2D eigenvalue weighted by Crippen LogP contribution is 2.27. The summed E-state index contributed by atoms with van der Waals surface area (Å²) in [4.78, 5) is 2.52. The van der Waals surface area contributed by atoms with Crippen molar-refractivity contribution in [3.05, 3.63) is 10.6 Å². The van der Waals surface area contributed by atoms with Gasteiger partial charge in [0.15, 0.2) is 0 Å². The van der Waals surface area contributed by atoms with E-state index in [0.717, 1.165) is 5.92 Å². The molecule has 0 aliphatic carbocycles. The molecular formula is C10H16Cl2N2. The number of piperidine rings is 3. The van der Waals surface area contributed by atoms with Crippen LogP contribution in [0.3, 0.4) is 0 Å². The zero-order valence-electron chi connectivity index (χ0n) is 8.18. The molecular weight excluding hydrogens is 219 g/mol. The average molecular weight is 235 g/mol. The number of halogens is 2. The molecule has 1 atom stereocenters. The molecule has 1 N–H and O–H groups in total. The number of hydrogen-bond acceptors (Lipinski definition) is 2. The predicted molar refractivity (Wildman–Crippen MR) is 60.7 cm³/mol. The molecule has 0 aromatic carbocycles. The van der Waals surface area contributed by atoms with Crippen LogP contribution in [-0.4, -0.2) is 37.1 Å². The largest absolute Gasteiger partial charge is 0.307 e. The van der Waals surface area contributed by atoms with E-state index in [1.54, 1.807) is 0 Å². The highest BCUT2D eigenvalue weighted by molar-refractivity contribution is 6.36. The van der Waals surface area contributed by atoms with E-state index in [1.807, 2.05) is 0 Å². The van der Waals surface area contributed by atoms with Gasteiger partial charge in [0, 0.05) is 29.7 Å².